The molecular formula is C15H16N2S. The average molecular weight is 256 g/mol. The summed E-state index contributed by atoms with van der Waals surface area (Å²) < 4.78 is 0. The van der Waals surface area contributed by atoms with Crippen LogP contribution in [0.4, 0.5) is 5.69 Å². The first kappa shape index (κ1) is 11.6. The van der Waals surface area contributed by atoms with Crippen LogP contribution in [0.5, 0.6) is 0 Å². The normalized spacial score (nSPS) is 13.8. The van der Waals surface area contributed by atoms with Gasteiger partial charge in [-0.2, -0.15) is 0 Å². The molecule has 0 saturated heterocycles. The van der Waals surface area contributed by atoms with Gasteiger partial charge in [-0.15, -0.1) is 11.8 Å². The minimum absolute atomic E-state index is 0.592. The maximum Gasteiger partial charge on any atom is 0.0479 e. The van der Waals surface area contributed by atoms with E-state index in [0.29, 0.717) is 6.54 Å². The lowest BCUT2D eigenvalue weighted by atomic mass is 10.0. The van der Waals surface area contributed by atoms with E-state index in [4.69, 9.17) is 5.73 Å². The molecule has 1 heterocycles. The molecule has 0 atom stereocenters. The third-order valence-corrected chi connectivity index (χ3v) is 4.21. The molecule has 3 rings (SSSR count). The van der Waals surface area contributed by atoms with E-state index in [1.165, 1.54) is 27.3 Å². The van der Waals surface area contributed by atoms with Crippen molar-refractivity contribution in [1.82, 2.24) is 0 Å². The van der Waals surface area contributed by atoms with Crippen molar-refractivity contribution >= 4 is 17.4 Å². The summed E-state index contributed by atoms with van der Waals surface area (Å²) in [5.41, 5.74) is 10.6. The van der Waals surface area contributed by atoms with E-state index in [0.717, 1.165) is 12.3 Å². The Bertz CT molecular complexity index is 566. The van der Waals surface area contributed by atoms with Crippen LogP contribution >= 0.6 is 11.8 Å². The van der Waals surface area contributed by atoms with Gasteiger partial charge in [-0.05, 0) is 34.9 Å². The largest absolute Gasteiger partial charge is 0.383 e. The molecule has 92 valence electrons. The van der Waals surface area contributed by atoms with Crippen molar-refractivity contribution in [3.8, 4) is 11.1 Å². The molecule has 1 aliphatic heterocycles. The van der Waals surface area contributed by atoms with Crippen molar-refractivity contribution in [3.05, 3.63) is 48.0 Å². The van der Waals surface area contributed by atoms with Gasteiger partial charge in [-0.3, -0.25) is 0 Å². The molecule has 0 fully saturated rings. The van der Waals surface area contributed by atoms with E-state index in [9.17, 15) is 0 Å². The number of nitrogens with two attached hydrogens (primary N) is 1. The standard InChI is InChI=1S/C15H16N2S/c16-10-11-2-1-3-12(8-11)13-4-5-14-15(9-13)18-7-6-17-14/h1-5,8-9,17H,6-7,10,16H2. The molecule has 3 heteroatoms. The lowest BCUT2D eigenvalue weighted by molar-refractivity contribution is 1.07. The molecule has 18 heavy (non-hydrogen) atoms. The first-order chi connectivity index (χ1) is 8.86. The molecule has 0 amide bonds. The van der Waals surface area contributed by atoms with Crippen molar-refractivity contribution in [2.45, 2.75) is 11.4 Å². The Morgan fingerprint density at radius 3 is 2.89 bits per heavy atom. The maximum atomic E-state index is 5.69. The number of benzene rings is 2. The molecule has 2 nitrogen and oxygen atoms in total. The van der Waals surface area contributed by atoms with Crippen molar-refractivity contribution in [3.63, 3.8) is 0 Å². The molecule has 3 N–H and O–H groups in total. The van der Waals surface area contributed by atoms with Gasteiger partial charge in [0.15, 0.2) is 0 Å². The van der Waals surface area contributed by atoms with E-state index in [1.54, 1.807) is 0 Å². The fourth-order valence-electron chi connectivity index (χ4n) is 2.19. The second-order valence-corrected chi connectivity index (χ2v) is 5.53. The SMILES string of the molecule is NCc1cccc(-c2ccc3c(c2)SCCN3)c1. The Morgan fingerprint density at radius 2 is 2.00 bits per heavy atom. The van der Waals surface area contributed by atoms with Gasteiger partial charge in [0.1, 0.15) is 0 Å². The third-order valence-electron chi connectivity index (χ3n) is 3.15. The zero-order chi connectivity index (χ0) is 12.4. The minimum atomic E-state index is 0.592. The molecule has 2 aromatic carbocycles. The molecule has 0 radical (unpaired) electrons. The lowest BCUT2D eigenvalue weighted by Crippen LogP contribution is -2.09. The van der Waals surface area contributed by atoms with Gasteiger partial charge in [-0.1, -0.05) is 24.3 Å². The fourth-order valence-corrected chi connectivity index (χ4v) is 3.12. The van der Waals surface area contributed by atoms with Crippen LogP contribution in [0.15, 0.2) is 47.4 Å². The number of nitrogens with one attached hydrogen (secondary N) is 1. The van der Waals surface area contributed by atoms with Crippen LogP contribution in [0, 0.1) is 0 Å². The van der Waals surface area contributed by atoms with Gasteiger partial charge in [0.25, 0.3) is 0 Å². The molecule has 1 aliphatic rings. The maximum absolute atomic E-state index is 5.69. The van der Waals surface area contributed by atoms with E-state index < -0.39 is 0 Å². The number of fused-ring (bicyclic) bond motifs is 1. The third kappa shape index (κ3) is 2.24. The summed E-state index contributed by atoms with van der Waals surface area (Å²) >= 11 is 1.92. The summed E-state index contributed by atoms with van der Waals surface area (Å²) in [6.07, 6.45) is 0. The first-order valence-corrected chi connectivity index (χ1v) is 7.15. The van der Waals surface area contributed by atoms with Crippen molar-refractivity contribution < 1.29 is 0 Å². The molecule has 0 bridgehead atoms. The highest BCUT2D eigenvalue weighted by molar-refractivity contribution is 7.99. The number of hydrogen-bond donors (Lipinski definition) is 2. The number of thioether (sulfide) groups is 1. The predicted octanol–water partition coefficient (Wildman–Crippen LogP) is 3.33. The van der Waals surface area contributed by atoms with Gasteiger partial charge >= 0.3 is 0 Å². The second-order valence-electron chi connectivity index (χ2n) is 4.39. The van der Waals surface area contributed by atoms with E-state index in [1.807, 2.05) is 11.8 Å². The van der Waals surface area contributed by atoms with E-state index >= 15 is 0 Å². The zero-order valence-corrected chi connectivity index (χ0v) is 11.0. The van der Waals surface area contributed by atoms with Crippen LogP contribution < -0.4 is 11.1 Å². The molecule has 0 aliphatic carbocycles. The van der Waals surface area contributed by atoms with Gasteiger partial charge in [0.2, 0.25) is 0 Å². The van der Waals surface area contributed by atoms with Crippen LogP contribution in [-0.4, -0.2) is 12.3 Å². The Kier molecular flexibility index (Phi) is 3.26. The summed E-state index contributed by atoms with van der Waals surface area (Å²) in [6, 6.07) is 15.1. The Hall–Kier alpha value is -1.45. The van der Waals surface area contributed by atoms with E-state index in [-0.39, 0.29) is 0 Å². The van der Waals surface area contributed by atoms with Gasteiger partial charge in [-0.25, -0.2) is 0 Å². The van der Waals surface area contributed by atoms with Gasteiger partial charge in [0.05, 0.1) is 0 Å². The number of hydrogen-bond acceptors (Lipinski definition) is 3. The summed E-state index contributed by atoms with van der Waals surface area (Å²) in [5, 5.41) is 3.42. The Labute approximate surface area is 112 Å². The van der Waals surface area contributed by atoms with E-state index in [2.05, 4.69) is 47.8 Å². The summed E-state index contributed by atoms with van der Waals surface area (Å²) in [5.74, 6) is 1.14. The highest BCUT2D eigenvalue weighted by Crippen LogP contribution is 2.34. The first-order valence-electron chi connectivity index (χ1n) is 6.17. The van der Waals surface area contributed by atoms with Crippen LogP contribution in [0.2, 0.25) is 0 Å². The molecular weight excluding hydrogens is 240 g/mol. The number of rotatable bonds is 2. The highest BCUT2D eigenvalue weighted by Gasteiger charge is 2.10. The van der Waals surface area contributed by atoms with Gasteiger partial charge < -0.3 is 11.1 Å². The topological polar surface area (TPSA) is 38.0 Å². The van der Waals surface area contributed by atoms with Crippen LogP contribution in [0.25, 0.3) is 11.1 Å². The monoisotopic (exact) mass is 256 g/mol. The number of anilines is 1. The molecule has 0 saturated carbocycles. The Balaban J connectivity index is 2.00. The molecule has 0 spiro atoms. The van der Waals surface area contributed by atoms with Crippen LogP contribution in [0.3, 0.4) is 0 Å². The quantitative estimate of drug-likeness (QED) is 0.865. The van der Waals surface area contributed by atoms with Crippen molar-refractivity contribution in [2.75, 3.05) is 17.6 Å². The zero-order valence-electron chi connectivity index (χ0n) is 10.1. The highest BCUT2D eigenvalue weighted by atomic mass is 32.2. The molecule has 0 aromatic heterocycles. The summed E-state index contributed by atoms with van der Waals surface area (Å²) in [4.78, 5) is 1.34. The minimum Gasteiger partial charge on any atom is -0.383 e. The lowest BCUT2D eigenvalue weighted by Gasteiger charge is -2.18. The Morgan fingerprint density at radius 1 is 1.11 bits per heavy atom. The summed E-state index contributed by atoms with van der Waals surface area (Å²) in [6.45, 7) is 1.65. The van der Waals surface area contributed by atoms with Crippen molar-refractivity contribution in [2.24, 2.45) is 5.73 Å². The van der Waals surface area contributed by atoms with Crippen LogP contribution in [-0.2, 0) is 6.54 Å². The molecule has 2 aromatic rings. The molecule has 0 unspecified atom stereocenters. The smallest absolute Gasteiger partial charge is 0.0479 e. The summed E-state index contributed by atoms with van der Waals surface area (Å²) in [7, 11) is 0. The van der Waals surface area contributed by atoms with Crippen LogP contribution in [0.1, 0.15) is 5.56 Å². The van der Waals surface area contributed by atoms with Gasteiger partial charge in [0, 0.05) is 29.4 Å². The second kappa shape index (κ2) is 5.04. The average Bonchev–Trinajstić information content (AvgIpc) is 2.47. The van der Waals surface area contributed by atoms with Crippen molar-refractivity contribution in [1.29, 1.82) is 0 Å². The fraction of sp³-hybridized carbons (Fsp3) is 0.200. The predicted molar refractivity (Wildman–Crippen MR) is 79.0 cm³/mol.